The first-order chi connectivity index (χ1) is 10.7. The number of aromatic amines is 1. The Balaban J connectivity index is 1.66. The molecule has 3 aromatic rings. The molecule has 0 radical (unpaired) electrons. The van der Waals surface area contributed by atoms with Gasteiger partial charge in [0.05, 0.1) is 12.9 Å². The van der Waals surface area contributed by atoms with Crippen molar-refractivity contribution in [2.24, 2.45) is 0 Å². The predicted molar refractivity (Wildman–Crippen MR) is 89.4 cm³/mol. The van der Waals surface area contributed by atoms with Gasteiger partial charge in [-0.15, -0.1) is 11.8 Å². The molecule has 0 amide bonds. The summed E-state index contributed by atoms with van der Waals surface area (Å²) >= 11 is 7.56. The summed E-state index contributed by atoms with van der Waals surface area (Å²) in [5.74, 6) is 3.07. The number of rotatable bonds is 5. The van der Waals surface area contributed by atoms with Crippen LogP contribution in [-0.4, -0.2) is 22.3 Å². The molecule has 0 aliphatic heterocycles. The van der Waals surface area contributed by atoms with Gasteiger partial charge < -0.3 is 4.74 Å². The predicted octanol–water partition coefficient (Wildman–Crippen LogP) is 4.43. The van der Waals surface area contributed by atoms with Crippen molar-refractivity contribution in [3.63, 3.8) is 0 Å². The molecule has 6 heteroatoms. The second-order valence-corrected chi connectivity index (χ2v) is 6.06. The molecule has 1 N–H and O–H groups in total. The number of aromatic nitrogens is 3. The van der Waals surface area contributed by atoms with Gasteiger partial charge in [0.25, 0.3) is 0 Å². The van der Waals surface area contributed by atoms with Gasteiger partial charge in [0.1, 0.15) is 11.6 Å². The molecule has 0 unspecified atom stereocenters. The molecule has 3 rings (SSSR count). The lowest BCUT2D eigenvalue weighted by molar-refractivity contribution is 0.415. The molecule has 1 aromatic heterocycles. The van der Waals surface area contributed by atoms with E-state index in [1.807, 2.05) is 48.5 Å². The fourth-order valence-electron chi connectivity index (χ4n) is 1.91. The van der Waals surface area contributed by atoms with Gasteiger partial charge in [-0.1, -0.05) is 11.6 Å². The third-order valence-corrected chi connectivity index (χ3v) is 4.34. The molecule has 0 bridgehead atoms. The van der Waals surface area contributed by atoms with Crippen molar-refractivity contribution in [1.29, 1.82) is 0 Å². The van der Waals surface area contributed by atoms with Crippen LogP contribution >= 0.6 is 23.4 Å². The lowest BCUT2D eigenvalue weighted by Gasteiger charge is -2.00. The van der Waals surface area contributed by atoms with Crippen LogP contribution in [0.25, 0.3) is 11.4 Å². The Bertz CT molecular complexity index is 741. The number of methoxy groups -OCH3 is 1. The topological polar surface area (TPSA) is 50.8 Å². The van der Waals surface area contributed by atoms with Gasteiger partial charge in [-0.3, -0.25) is 5.10 Å². The van der Waals surface area contributed by atoms with Crippen molar-refractivity contribution in [2.75, 3.05) is 7.11 Å². The third-order valence-electron chi connectivity index (χ3n) is 3.07. The first kappa shape index (κ1) is 14.9. The number of hydrogen-bond donors (Lipinski definition) is 1. The summed E-state index contributed by atoms with van der Waals surface area (Å²) in [5.41, 5.74) is 0.958. The first-order valence-electron chi connectivity index (χ1n) is 6.68. The highest BCUT2D eigenvalue weighted by Crippen LogP contribution is 2.24. The van der Waals surface area contributed by atoms with E-state index in [1.54, 1.807) is 18.9 Å². The monoisotopic (exact) mass is 331 g/mol. The van der Waals surface area contributed by atoms with Gasteiger partial charge in [-0.2, -0.15) is 5.10 Å². The highest BCUT2D eigenvalue weighted by molar-refractivity contribution is 7.98. The Morgan fingerprint density at radius 1 is 1.09 bits per heavy atom. The van der Waals surface area contributed by atoms with E-state index >= 15 is 0 Å². The fourth-order valence-corrected chi connectivity index (χ4v) is 2.80. The highest BCUT2D eigenvalue weighted by Gasteiger charge is 2.06. The van der Waals surface area contributed by atoms with Gasteiger partial charge in [-0.05, 0) is 48.5 Å². The van der Waals surface area contributed by atoms with E-state index in [0.29, 0.717) is 5.82 Å². The van der Waals surface area contributed by atoms with E-state index in [9.17, 15) is 0 Å². The third kappa shape index (κ3) is 3.61. The van der Waals surface area contributed by atoms with E-state index in [0.717, 1.165) is 32.8 Å². The van der Waals surface area contributed by atoms with Crippen molar-refractivity contribution >= 4 is 23.4 Å². The Morgan fingerprint density at radius 2 is 1.82 bits per heavy atom. The number of benzene rings is 2. The molecule has 4 nitrogen and oxygen atoms in total. The minimum atomic E-state index is 0.689. The van der Waals surface area contributed by atoms with E-state index in [2.05, 4.69) is 15.2 Å². The van der Waals surface area contributed by atoms with E-state index in [-0.39, 0.29) is 0 Å². The number of halogens is 1. The number of hydrogen-bond acceptors (Lipinski definition) is 4. The Hall–Kier alpha value is -1.98. The molecule has 22 heavy (non-hydrogen) atoms. The average molecular weight is 332 g/mol. The van der Waals surface area contributed by atoms with Crippen LogP contribution in [-0.2, 0) is 5.75 Å². The second-order valence-electron chi connectivity index (χ2n) is 4.58. The maximum Gasteiger partial charge on any atom is 0.181 e. The first-order valence-corrected chi connectivity index (χ1v) is 8.05. The number of thioether (sulfide) groups is 1. The Morgan fingerprint density at radius 3 is 2.50 bits per heavy atom. The van der Waals surface area contributed by atoms with Crippen molar-refractivity contribution in [1.82, 2.24) is 15.2 Å². The largest absolute Gasteiger partial charge is 0.497 e. The highest BCUT2D eigenvalue weighted by atomic mass is 35.5. The normalized spacial score (nSPS) is 10.6. The van der Waals surface area contributed by atoms with Crippen LogP contribution in [0.1, 0.15) is 5.82 Å². The van der Waals surface area contributed by atoms with Gasteiger partial charge in [0.2, 0.25) is 0 Å². The van der Waals surface area contributed by atoms with Gasteiger partial charge >= 0.3 is 0 Å². The zero-order valence-electron chi connectivity index (χ0n) is 11.9. The maximum atomic E-state index is 5.87. The van der Waals surface area contributed by atoms with Gasteiger partial charge in [0.15, 0.2) is 5.82 Å². The van der Waals surface area contributed by atoms with Crippen LogP contribution in [0, 0.1) is 0 Å². The molecule has 0 saturated carbocycles. The van der Waals surface area contributed by atoms with Crippen molar-refractivity contribution in [3.8, 4) is 17.1 Å². The summed E-state index contributed by atoms with van der Waals surface area (Å²) in [6, 6.07) is 15.4. The van der Waals surface area contributed by atoms with Crippen molar-refractivity contribution in [2.45, 2.75) is 10.6 Å². The summed E-state index contributed by atoms with van der Waals surface area (Å²) in [6.45, 7) is 0. The van der Waals surface area contributed by atoms with Crippen LogP contribution in [0.4, 0.5) is 0 Å². The summed E-state index contributed by atoms with van der Waals surface area (Å²) < 4.78 is 5.14. The smallest absolute Gasteiger partial charge is 0.181 e. The van der Waals surface area contributed by atoms with Crippen LogP contribution in [0.15, 0.2) is 53.4 Å². The molecular weight excluding hydrogens is 318 g/mol. The molecule has 0 aliphatic rings. The SMILES string of the molecule is COc1ccc(-c2n[nH]c(CSc3ccc(Cl)cc3)n2)cc1. The molecule has 0 saturated heterocycles. The summed E-state index contributed by atoms with van der Waals surface area (Å²) in [4.78, 5) is 5.66. The lowest BCUT2D eigenvalue weighted by atomic mass is 10.2. The minimum Gasteiger partial charge on any atom is -0.497 e. The van der Waals surface area contributed by atoms with E-state index in [1.165, 1.54) is 0 Å². The van der Waals surface area contributed by atoms with Gasteiger partial charge in [0, 0.05) is 15.5 Å². The Kier molecular flexibility index (Phi) is 4.65. The standard InChI is InChI=1S/C16H14ClN3OS/c1-21-13-6-2-11(3-7-13)16-18-15(19-20-16)10-22-14-8-4-12(17)5-9-14/h2-9H,10H2,1H3,(H,18,19,20). The van der Waals surface area contributed by atoms with Gasteiger partial charge in [-0.25, -0.2) is 4.98 Å². The van der Waals surface area contributed by atoms with E-state index < -0.39 is 0 Å². The molecular formula is C16H14ClN3OS. The van der Waals surface area contributed by atoms with Crippen LogP contribution in [0.3, 0.4) is 0 Å². The zero-order valence-corrected chi connectivity index (χ0v) is 13.5. The molecule has 0 aliphatic carbocycles. The second kappa shape index (κ2) is 6.85. The Labute approximate surface area is 137 Å². The molecule has 1 heterocycles. The number of nitrogens with one attached hydrogen (secondary N) is 1. The van der Waals surface area contributed by atoms with Crippen LogP contribution in [0.5, 0.6) is 5.75 Å². The van der Waals surface area contributed by atoms with Crippen LogP contribution in [0.2, 0.25) is 5.02 Å². The molecule has 112 valence electrons. The van der Waals surface area contributed by atoms with Crippen LogP contribution < -0.4 is 4.74 Å². The quantitative estimate of drug-likeness (QED) is 0.703. The molecule has 0 spiro atoms. The minimum absolute atomic E-state index is 0.689. The lowest BCUT2D eigenvalue weighted by Crippen LogP contribution is -1.85. The van der Waals surface area contributed by atoms with Crippen molar-refractivity contribution in [3.05, 3.63) is 59.4 Å². The molecule has 0 fully saturated rings. The zero-order chi connectivity index (χ0) is 15.4. The van der Waals surface area contributed by atoms with Crippen molar-refractivity contribution < 1.29 is 4.74 Å². The van der Waals surface area contributed by atoms with E-state index in [4.69, 9.17) is 16.3 Å². The fraction of sp³-hybridized carbons (Fsp3) is 0.125. The summed E-state index contributed by atoms with van der Waals surface area (Å²) in [7, 11) is 1.65. The summed E-state index contributed by atoms with van der Waals surface area (Å²) in [6.07, 6.45) is 0. The maximum absolute atomic E-state index is 5.87. The number of H-pyrrole nitrogens is 1. The summed E-state index contributed by atoms with van der Waals surface area (Å²) in [5, 5.41) is 7.97. The molecule has 2 aromatic carbocycles. The average Bonchev–Trinajstić information content (AvgIpc) is 3.03. The number of nitrogens with zero attached hydrogens (tertiary/aromatic N) is 2. The molecule has 0 atom stereocenters. The number of ether oxygens (including phenoxy) is 1.